The van der Waals surface area contributed by atoms with Crippen molar-refractivity contribution in [2.24, 2.45) is 11.5 Å². The number of hydrogen-bond acceptors (Lipinski definition) is 7. The number of aromatic nitrogens is 3. The van der Waals surface area contributed by atoms with Crippen LogP contribution in [0.1, 0.15) is 24.2 Å². The van der Waals surface area contributed by atoms with E-state index in [0.717, 1.165) is 5.56 Å². The van der Waals surface area contributed by atoms with Crippen LogP contribution in [0.3, 0.4) is 0 Å². The van der Waals surface area contributed by atoms with Gasteiger partial charge >= 0.3 is 6.18 Å². The van der Waals surface area contributed by atoms with Crippen LogP contribution in [-0.2, 0) is 0 Å². The molecular formula is C26H30F4N8. The van der Waals surface area contributed by atoms with E-state index in [1.807, 2.05) is 42.2 Å². The molecule has 38 heavy (non-hydrogen) atoms. The highest BCUT2D eigenvalue weighted by molar-refractivity contribution is 5.61. The third kappa shape index (κ3) is 4.92. The molecule has 3 heterocycles. The first-order valence-electron chi connectivity index (χ1n) is 12.4. The van der Waals surface area contributed by atoms with Gasteiger partial charge in [0.2, 0.25) is 0 Å². The van der Waals surface area contributed by atoms with Crippen LogP contribution in [0, 0.1) is 12.7 Å². The Hall–Kier alpha value is -3.32. The highest BCUT2D eigenvalue weighted by Crippen LogP contribution is 2.42. The molecule has 202 valence electrons. The summed E-state index contributed by atoms with van der Waals surface area (Å²) in [5.74, 6) is -0.491. The van der Waals surface area contributed by atoms with Gasteiger partial charge < -0.3 is 10.6 Å². The number of rotatable bonds is 5. The predicted molar refractivity (Wildman–Crippen MR) is 136 cm³/mol. The van der Waals surface area contributed by atoms with Crippen LogP contribution in [0.5, 0.6) is 0 Å². The number of nitrogens with two attached hydrogens (primary N) is 2. The van der Waals surface area contributed by atoms with Crippen molar-refractivity contribution in [2.45, 2.75) is 38.4 Å². The largest absolute Gasteiger partial charge is 0.401 e. The van der Waals surface area contributed by atoms with E-state index in [4.69, 9.17) is 11.5 Å². The molecule has 3 unspecified atom stereocenters. The van der Waals surface area contributed by atoms with E-state index < -0.39 is 36.9 Å². The average Bonchev–Trinajstić information content (AvgIpc) is 3.30. The van der Waals surface area contributed by atoms with Gasteiger partial charge in [-0.05, 0) is 36.3 Å². The second-order valence-electron chi connectivity index (χ2n) is 9.59. The molecule has 0 saturated heterocycles. The van der Waals surface area contributed by atoms with E-state index in [-0.39, 0.29) is 18.8 Å². The van der Waals surface area contributed by atoms with Crippen LogP contribution < -0.4 is 16.4 Å². The summed E-state index contributed by atoms with van der Waals surface area (Å²) in [5.41, 5.74) is 16.2. The summed E-state index contributed by atoms with van der Waals surface area (Å²) in [5, 5.41) is 4.18. The fourth-order valence-corrected chi connectivity index (χ4v) is 5.47. The smallest absolute Gasteiger partial charge is 0.315 e. The fraction of sp³-hybridized carbons (Fsp3) is 0.385. The van der Waals surface area contributed by atoms with Gasteiger partial charge in [-0.15, -0.1) is 0 Å². The molecule has 0 amide bonds. The van der Waals surface area contributed by atoms with Gasteiger partial charge in [0.25, 0.3) is 0 Å². The number of alkyl halides is 3. The monoisotopic (exact) mass is 530 g/mol. The maximum absolute atomic E-state index is 15.4. The number of halogens is 4. The summed E-state index contributed by atoms with van der Waals surface area (Å²) in [6, 6.07) is 14.0. The van der Waals surface area contributed by atoms with Crippen molar-refractivity contribution in [1.82, 2.24) is 24.6 Å². The van der Waals surface area contributed by atoms with Crippen LogP contribution in [0.4, 0.5) is 23.2 Å². The Morgan fingerprint density at radius 1 is 1.08 bits per heavy atom. The first kappa shape index (κ1) is 26.3. The highest BCUT2D eigenvalue weighted by atomic mass is 19.4. The molecule has 3 aromatic rings. The van der Waals surface area contributed by atoms with E-state index in [2.05, 4.69) is 10.1 Å². The minimum Gasteiger partial charge on any atom is -0.315 e. The first-order valence-corrected chi connectivity index (χ1v) is 12.4. The molecule has 0 radical (unpaired) electrons. The van der Waals surface area contributed by atoms with Crippen molar-refractivity contribution in [3.05, 3.63) is 83.3 Å². The van der Waals surface area contributed by atoms with Gasteiger partial charge in [0.15, 0.2) is 5.82 Å². The SMILES string of the molecule is CCN1C(N)C2=C(C(c3ccccc3)CN(CC(F)(F)F)C2)N(c2ccc(-n3cnc(C)n3)c(F)c2)C1N. The predicted octanol–water partition coefficient (Wildman–Crippen LogP) is 3.30. The second-order valence-corrected chi connectivity index (χ2v) is 9.59. The molecule has 8 nitrogen and oxygen atoms in total. The number of hydrogen-bond donors (Lipinski definition) is 2. The lowest BCUT2D eigenvalue weighted by atomic mass is 9.85. The third-order valence-electron chi connectivity index (χ3n) is 7.10. The standard InChI is InChI=1S/C26H30F4N8/c1-3-36-24(31)20-13-35(14-26(28,29)30)12-19(17-7-5-4-6-8-17)23(20)38(25(36)32)18-9-10-22(21(27)11-18)37-15-33-16(2)34-37/h4-11,15,19,24-25H,3,12-14,31-32H2,1-2H3. The topological polar surface area (TPSA) is 92.5 Å². The molecule has 2 aliphatic rings. The van der Waals surface area contributed by atoms with Gasteiger partial charge in [-0.2, -0.15) is 18.3 Å². The lowest BCUT2D eigenvalue weighted by molar-refractivity contribution is -0.146. The van der Waals surface area contributed by atoms with Crippen molar-refractivity contribution < 1.29 is 17.6 Å². The van der Waals surface area contributed by atoms with E-state index in [1.165, 1.54) is 22.0 Å². The summed E-state index contributed by atoms with van der Waals surface area (Å²) < 4.78 is 57.2. The van der Waals surface area contributed by atoms with Crippen molar-refractivity contribution in [3.63, 3.8) is 0 Å². The van der Waals surface area contributed by atoms with Crippen LogP contribution in [0.15, 0.2) is 66.1 Å². The van der Waals surface area contributed by atoms with E-state index >= 15 is 4.39 Å². The molecular weight excluding hydrogens is 500 g/mol. The minimum atomic E-state index is -4.36. The maximum Gasteiger partial charge on any atom is 0.401 e. The Balaban J connectivity index is 1.65. The zero-order valence-electron chi connectivity index (χ0n) is 21.1. The number of likely N-dealkylation sites (N-methyl/N-ethyl adjacent to an activating group) is 1. The average molecular weight is 531 g/mol. The van der Waals surface area contributed by atoms with Gasteiger partial charge in [0.05, 0.1) is 12.7 Å². The van der Waals surface area contributed by atoms with Crippen molar-refractivity contribution >= 4 is 5.69 Å². The molecule has 0 bridgehead atoms. The van der Waals surface area contributed by atoms with Crippen LogP contribution in [-0.4, -0.2) is 69.4 Å². The Kier molecular flexibility index (Phi) is 6.99. The number of aryl methyl sites for hydroxylation is 1. The van der Waals surface area contributed by atoms with Crippen LogP contribution in [0.2, 0.25) is 0 Å². The first-order chi connectivity index (χ1) is 18.1. The summed E-state index contributed by atoms with van der Waals surface area (Å²) in [6.45, 7) is 3.12. The molecule has 2 aliphatic heterocycles. The van der Waals surface area contributed by atoms with Gasteiger partial charge in [-0.1, -0.05) is 37.3 Å². The number of nitrogens with zero attached hydrogens (tertiary/aromatic N) is 6. The third-order valence-corrected chi connectivity index (χ3v) is 7.10. The molecule has 12 heteroatoms. The molecule has 4 N–H and O–H groups in total. The van der Waals surface area contributed by atoms with E-state index in [1.54, 1.807) is 24.0 Å². The summed E-state index contributed by atoms with van der Waals surface area (Å²) in [7, 11) is 0. The normalized spacial score (nSPS) is 23.2. The minimum absolute atomic E-state index is 0.0257. The summed E-state index contributed by atoms with van der Waals surface area (Å²) in [4.78, 5) is 9.04. The maximum atomic E-state index is 15.4. The van der Waals surface area contributed by atoms with Crippen molar-refractivity contribution in [1.29, 1.82) is 0 Å². The molecule has 5 rings (SSSR count). The molecule has 0 saturated carbocycles. The van der Waals surface area contributed by atoms with Crippen molar-refractivity contribution in [3.8, 4) is 5.69 Å². The zero-order valence-corrected chi connectivity index (χ0v) is 21.1. The fourth-order valence-electron chi connectivity index (χ4n) is 5.47. The Morgan fingerprint density at radius 2 is 1.82 bits per heavy atom. The van der Waals surface area contributed by atoms with E-state index in [9.17, 15) is 13.2 Å². The summed E-state index contributed by atoms with van der Waals surface area (Å²) in [6.07, 6.45) is -4.38. The number of anilines is 1. The lowest BCUT2D eigenvalue weighted by Crippen LogP contribution is -2.67. The van der Waals surface area contributed by atoms with Gasteiger partial charge in [0, 0.05) is 36.9 Å². The molecule has 2 aromatic carbocycles. The lowest BCUT2D eigenvalue weighted by Gasteiger charge is -2.53. The Bertz CT molecular complexity index is 1320. The molecule has 0 fully saturated rings. The van der Waals surface area contributed by atoms with Gasteiger partial charge in [-0.3, -0.25) is 15.5 Å². The zero-order chi connectivity index (χ0) is 27.2. The van der Waals surface area contributed by atoms with Gasteiger partial charge in [0.1, 0.15) is 24.1 Å². The van der Waals surface area contributed by atoms with Crippen LogP contribution >= 0.6 is 0 Å². The summed E-state index contributed by atoms with van der Waals surface area (Å²) >= 11 is 0. The second kappa shape index (κ2) is 10.1. The Labute approximate surface area is 218 Å². The molecule has 0 aliphatic carbocycles. The van der Waals surface area contributed by atoms with Crippen molar-refractivity contribution in [2.75, 3.05) is 31.1 Å². The molecule has 0 spiro atoms. The quantitative estimate of drug-likeness (QED) is 0.489. The highest BCUT2D eigenvalue weighted by Gasteiger charge is 2.45. The number of benzene rings is 2. The van der Waals surface area contributed by atoms with Gasteiger partial charge in [-0.25, -0.2) is 14.1 Å². The molecule has 3 atom stereocenters. The Morgan fingerprint density at radius 3 is 2.42 bits per heavy atom. The molecule has 1 aromatic heterocycles. The van der Waals surface area contributed by atoms with E-state index in [0.29, 0.717) is 29.3 Å². The van der Waals surface area contributed by atoms with Crippen LogP contribution in [0.25, 0.3) is 5.69 Å².